The molecule has 1 aromatic rings. The number of likely N-dealkylation sites (tertiary alicyclic amines) is 1. The van der Waals surface area contributed by atoms with Crippen LogP contribution < -0.4 is 0 Å². The van der Waals surface area contributed by atoms with Gasteiger partial charge in [0, 0.05) is 37.4 Å². The molecule has 2 heterocycles. The van der Waals surface area contributed by atoms with Crippen LogP contribution in [0.15, 0.2) is 18.7 Å². The highest BCUT2D eigenvalue weighted by molar-refractivity contribution is 5.78. The molecule has 2 atom stereocenters. The second kappa shape index (κ2) is 7.50. The van der Waals surface area contributed by atoms with Gasteiger partial charge in [0.05, 0.1) is 6.33 Å². The second-order valence-electron chi connectivity index (χ2n) is 12.4. The van der Waals surface area contributed by atoms with E-state index in [2.05, 4.69) is 89.9 Å². The summed E-state index contributed by atoms with van der Waals surface area (Å²) in [6.07, 6.45) is 8.65. The summed E-state index contributed by atoms with van der Waals surface area (Å²) < 4.78 is 2.28. The molecule has 1 aromatic heterocycles. The van der Waals surface area contributed by atoms with Gasteiger partial charge < -0.3 is 9.47 Å². The van der Waals surface area contributed by atoms with Gasteiger partial charge in [0.25, 0.3) is 0 Å². The van der Waals surface area contributed by atoms with Crippen molar-refractivity contribution in [2.75, 3.05) is 6.54 Å². The van der Waals surface area contributed by atoms with Gasteiger partial charge in [0.15, 0.2) is 0 Å². The van der Waals surface area contributed by atoms with E-state index < -0.39 is 0 Å². The lowest BCUT2D eigenvalue weighted by Gasteiger charge is -2.53. The molecule has 0 radical (unpaired) electrons. The molecule has 0 spiro atoms. The smallest absolute Gasteiger partial charge is 0.222 e. The van der Waals surface area contributed by atoms with Crippen LogP contribution >= 0.6 is 0 Å². The molecule has 0 N–H and O–H groups in total. The Morgan fingerprint density at radius 3 is 1.86 bits per heavy atom. The molecule has 4 nitrogen and oxygen atoms in total. The first-order chi connectivity index (χ1) is 12.6. The Morgan fingerprint density at radius 2 is 1.46 bits per heavy atom. The summed E-state index contributed by atoms with van der Waals surface area (Å²) in [5.41, 5.74) is 0.160. The van der Waals surface area contributed by atoms with Gasteiger partial charge in [-0.3, -0.25) is 4.79 Å². The van der Waals surface area contributed by atoms with E-state index in [-0.39, 0.29) is 27.7 Å². The topological polar surface area (TPSA) is 38.1 Å². The first-order valence-electron chi connectivity index (χ1n) is 10.8. The maximum absolute atomic E-state index is 12.7. The Bertz CT molecular complexity index is 659. The van der Waals surface area contributed by atoms with Crippen LogP contribution in [0.4, 0.5) is 0 Å². The van der Waals surface area contributed by atoms with Gasteiger partial charge in [0.1, 0.15) is 0 Å². The van der Waals surface area contributed by atoms with Crippen molar-refractivity contribution in [1.29, 1.82) is 0 Å². The fourth-order valence-electron chi connectivity index (χ4n) is 6.82. The zero-order valence-electron chi connectivity index (χ0n) is 20.0. The van der Waals surface area contributed by atoms with Crippen LogP contribution in [0, 0.1) is 21.7 Å². The minimum absolute atomic E-state index is 0.00810. The molecule has 0 aliphatic carbocycles. The van der Waals surface area contributed by atoms with Crippen molar-refractivity contribution in [3.05, 3.63) is 18.7 Å². The van der Waals surface area contributed by atoms with E-state index in [1.807, 2.05) is 12.5 Å². The van der Waals surface area contributed by atoms with E-state index in [4.69, 9.17) is 0 Å². The third-order valence-corrected chi connectivity index (χ3v) is 6.28. The molecule has 1 saturated heterocycles. The summed E-state index contributed by atoms with van der Waals surface area (Å²) in [4.78, 5) is 19.2. The third kappa shape index (κ3) is 4.80. The predicted molar refractivity (Wildman–Crippen MR) is 117 cm³/mol. The van der Waals surface area contributed by atoms with Crippen molar-refractivity contribution >= 4 is 5.91 Å². The SMILES string of the molecule is CC(C)(C)C(N1CCCC1=O)C(C)(C)CC(C)(C)C(n1ccnc1)C(C)(C)C. The van der Waals surface area contributed by atoms with Crippen molar-refractivity contribution in [3.63, 3.8) is 0 Å². The minimum atomic E-state index is -0.00810. The number of amides is 1. The van der Waals surface area contributed by atoms with Gasteiger partial charge in [-0.05, 0) is 34.5 Å². The zero-order valence-corrected chi connectivity index (χ0v) is 20.0. The number of hydrogen-bond acceptors (Lipinski definition) is 2. The number of aromatic nitrogens is 2. The van der Waals surface area contributed by atoms with Crippen LogP contribution in [0.5, 0.6) is 0 Å². The number of rotatable bonds is 6. The summed E-state index contributed by atoms with van der Waals surface area (Å²) in [7, 11) is 0. The molecule has 0 bridgehead atoms. The van der Waals surface area contributed by atoms with Crippen LogP contribution in [0.2, 0.25) is 0 Å². The first-order valence-corrected chi connectivity index (χ1v) is 10.8. The molecule has 28 heavy (non-hydrogen) atoms. The summed E-state index contributed by atoms with van der Waals surface area (Å²) >= 11 is 0. The number of imidazole rings is 1. The van der Waals surface area contributed by atoms with Crippen LogP contribution in [-0.4, -0.2) is 32.9 Å². The number of hydrogen-bond donors (Lipinski definition) is 0. The lowest BCUT2D eigenvalue weighted by atomic mass is 9.59. The Kier molecular flexibility index (Phi) is 6.15. The monoisotopic (exact) mass is 389 g/mol. The molecule has 2 unspecified atom stereocenters. The second-order valence-corrected chi connectivity index (χ2v) is 12.4. The highest BCUT2D eigenvalue weighted by atomic mass is 16.2. The molecule has 2 rings (SSSR count). The predicted octanol–water partition coefficient (Wildman–Crippen LogP) is 5.95. The van der Waals surface area contributed by atoms with Gasteiger partial charge >= 0.3 is 0 Å². The molecular formula is C24H43N3O. The molecule has 1 amide bonds. The van der Waals surface area contributed by atoms with Crippen LogP contribution in [0.25, 0.3) is 0 Å². The lowest BCUT2D eigenvalue weighted by molar-refractivity contribution is -0.137. The minimum Gasteiger partial charge on any atom is -0.339 e. The average molecular weight is 390 g/mol. The fourth-order valence-corrected chi connectivity index (χ4v) is 6.82. The van der Waals surface area contributed by atoms with Gasteiger partial charge in [-0.15, -0.1) is 0 Å². The highest BCUT2D eigenvalue weighted by Crippen LogP contribution is 2.53. The summed E-state index contributed by atoms with van der Waals surface area (Å²) in [5.74, 6) is 0.327. The van der Waals surface area contributed by atoms with Gasteiger partial charge in [-0.1, -0.05) is 69.2 Å². The number of carbonyl (C=O) groups excluding carboxylic acids is 1. The quantitative estimate of drug-likeness (QED) is 0.603. The summed E-state index contributed by atoms with van der Waals surface area (Å²) in [5, 5.41) is 0. The normalized spacial score (nSPS) is 19.2. The first kappa shape index (κ1) is 23.0. The standard InChI is InChI=1S/C24H43N3O/c1-21(2,3)19(26-15-13-25-17-26)23(7,8)16-24(9,10)20(22(4,5)6)27-14-11-12-18(27)28/h13,15,17,19-20H,11-12,14,16H2,1-10H3. The molecule has 0 aromatic carbocycles. The van der Waals surface area contributed by atoms with Crippen molar-refractivity contribution in [2.45, 2.75) is 101 Å². The van der Waals surface area contributed by atoms with Gasteiger partial charge in [0.2, 0.25) is 5.91 Å². The number of nitrogens with zero attached hydrogens (tertiary/aromatic N) is 3. The Balaban J connectivity index is 2.41. The molecular weight excluding hydrogens is 346 g/mol. The van der Waals surface area contributed by atoms with Crippen molar-refractivity contribution in [3.8, 4) is 0 Å². The van der Waals surface area contributed by atoms with Crippen molar-refractivity contribution in [1.82, 2.24) is 14.5 Å². The third-order valence-electron chi connectivity index (χ3n) is 6.28. The lowest BCUT2D eigenvalue weighted by Crippen LogP contribution is -2.55. The van der Waals surface area contributed by atoms with E-state index in [1.165, 1.54) is 0 Å². The summed E-state index contributed by atoms with van der Waals surface area (Å²) in [6.45, 7) is 24.2. The van der Waals surface area contributed by atoms with Crippen molar-refractivity contribution in [2.24, 2.45) is 21.7 Å². The van der Waals surface area contributed by atoms with E-state index >= 15 is 0 Å². The maximum atomic E-state index is 12.7. The molecule has 4 heteroatoms. The molecule has 160 valence electrons. The van der Waals surface area contributed by atoms with E-state index in [0.29, 0.717) is 18.4 Å². The molecule has 1 aliphatic rings. The number of carbonyl (C=O) groups is 1. The molecule has 1 aliphatic heterocycles. The van der Waals surface area contributed by atoms with Crippen LogP contribution in [0.1, 0.15) is 94.5 Å². The fraction of sp³-hybridized carbons (Fsp3) is 0.833. The van der Waals surface area contributed by atoms with E-state index in [1.54, 1.807) is 0 Å². The van der Waals surface area contributed by atoms with E-state index in [9.17, 15) is 4.79 Å². The average Bonchev–Trinajstić information content (AvgIpc) is 3.06. The highest BCUT2D eigenvalue weighted by Gasteiger charge is 2.49. The van der Waals surface area contributed by atoms with Gasteiger partial charge in [-0.2, -0.15) is 0 Å². The van der Waals surface area contributed by atoms with Crippen molar-refractivity contribution < 1.29 is 4.79 Å². The Labute approximate surface area is 173 Å². The largest absolute Gasteiger partial charge is 0.339 e. The summed E-state index contributed by atoms with van der Waals surface area (Å²) in [6, 6.07) is 0.536. The molecule has 0 saturated carbocycles. The Hall–Kier alpha value is -1.32. The van der Waals surface area contributed by atoms with Crippen LogP contribution in [0.3, 0.4) is 0 Å². The Morgan fingerprint density at radius 1 is 0.929 bits per heavy atom. The maximum Gasteiger partial charge on any atom is 0.222 e. The zero-order chi connectivity index (χ0) is 21.5. The van der Waals surface area contributed by atoms with E-state index in [0.717, 1.165) is 19.4 Å². The molecule has 1 fully saturated rings. The van der Waals surface area contributed by atoms with Crippen LogP contribution in [-0.2, 0) is 4.79 Å². The van der Waals surface area contributed by atoms with Gasteiger partial charge in [-0.25, -0.2) is 4.98 Å².